The zero-order valence-electron chi connectivity index (χ0n) is 10.7. The Morgan fingerprint density at radius 2 is 2.11 bits per heavy atom. The number of aliphatic hydroxyl groups excluding tert-OH is 1. The standard InChI is InChI=1S/C14H16N2O3/c1-2-19-14(18)11-5-3-10(4-6-11)7-12-8-13(9-17)16-15-12/h3-6,8,17H,2,7,9H2,1H3,(H,15,16). The van der Waals surface area contributed by atoms with Crippen molar-refractivity contribution in [3.8, 4) is 0 Å². The molecule has 0 amide bonds. The third-order valence-electron chi connectivity index (χ3n) is 2.71. The molecule has 0 aliphatic heterocycles. The van der Waals surface area contributed by atoms with Gasteiger partial charge in [-0.15, -0.1) is 0 Å². The van der Waals surface area contributed by atoms with Crippen LogP contribution in [0.4, 0.5) is 0 Å². The maximum absolute atomic E-state index is 11.5. The average molecular weight is 260 g/mol. The van der Waals surface area contributed by atoms with Crippen molar-refractivity contribution in [2.75, 3.05) is 6.61 Å². The Kier molecular flexibility index (Phi) is 4.30. The first-order valence-electron chi connectivity index (χ1n) is 6.13. The van der Waals surface area contributed by atoms with E-state index in [9.17, 15) is 4.79 Å². The number of benzene rings is 1. The van der Waals surface area contributed by atoms with E-state index in [0.29, 0.717) is 24.3 Å². The molecule has 5 heteroatoms. The van der Waals surface area contributed by atoms with Crippen molar-refractivity contribution in [2.24, 2.45) is 0 Å². The number of H-pyrrole nitrogens is 1. The number of aromatic nitrogens is 2. The number of aromatic amines is 1. The molecule has 0 radical (unpaired) electrons. The summed E-state index contributed by atoms with van der Waals surface area (Å²) in [7, 11) is 0. The van der Waals surface area contributed by atoms with Crippen LogP contribution in [0, 0.1) is 0 Å². The van der Waals surface area contributed by atoms with E-state index in [2.05, 4.69) is 10.2 Å². The topological polar surface area (TPSA) is 75.2 Å². The molecule has 1 aromatic heterocycles. The van der Waals surface area contributed by atoms with Crippen LogP contribution in [-0.2, 0) is 17.8 Å². The lowest BCUT2D eigenvalue weighted by Crippen LogP contribution is -2.04. The summed E-state index contributed by atoms with van der Waals surface area (Å²) in [6.45, 7) is 2.08. The molecule has 2 aromatic rings. The highest BCUT2D eigenvalue weighted by Crippen LogP contribution is 2.11. The van der Waals surface area contributed by atoms with Crippen LogP contribution in [0.1, 0.15) is 34.2 Å². The molecule has 19 heavy (non-hydrogen) atoms. The third-order valence-corrected chi connectivity index (χ3v) is 2.71. The predicted molar refractivity (Wildman–Crippen MR) is 69.7 cm³/mol. The molecule has 1 aromatic carbocycles. The van der Waals surface area contributed by atoms with E-state index < -0.39 is 0 Å². The average Bonchev–Trinajstić information content (AvgIpc) is 2.87. The van der Waals surface area contributed by atoms with Crippen LogP contribution in [0.5, 0.6) is 0 Å². The fourth-order valence-electron chi connectivity index (χ4n) is 1.77. The van der Waals surface area contributed by atoms with E-state index >= 15 is 0 Å². The lowest BCUT2D eigenvalue weighted by Gasteiger charge is -2.03. The maximum atomic E-state index is 11.5. The highest BCUT2D eigenvalue weighted by molar-refractivity contribution is 5.89. The van der Waals surface area contributed by atoms with Crippen molar-refractivity contribution in [3.63, 3.8) is 0 Å². The minimum Gasteiger partial charge on any atom is -0.462 e. The van der Waals surface area contributed by atoms with Gasteiger partial charge in [0.2, 0.25) is 0 Å². The summed E-state index contributed by atoms with van der Waals surface area (Å²) in [5.41, 5.74) is 3.15. The van der Waals surface area contributed by atoms with Gasteiger partial charge in [0.25, 0.3) is 0 Å². The monoisotopic (exact) mass is 260 g/mol. The molecular formula is C14H16N2O3. The Morgan fingerprint density at radius 3 is 2.68 bits per heavy atom. The number of esters is 1. The van der Waals surface area contributed by atoms with Crippen molar-refractivity contribution in [2.45, 2.75) is 20.0 Å². The number of hydrogen-bond donors (Lipinski definition) is 2. The van der Waals surface area contributed by atoms with Crippen LogP contribution in [0.2, 0.25) is 0 Å². The molecule has 100 valence electrons. The second-order valence-corrected chi connectivity index (χ2v) is 4.14. The number of carbonyl (C=O) groups is 1. The lowest BCUT2D eigenvalue weighted by atomic mass is 10.1. The van der Waals surface area contributed by atoms with Crippen LogP contribution in [0.25, 0.3) is 0 Å². The zero-order valence-corrected chi connectivity index (χ0v) is 10.7. The van der Waals surface area contributed by atoms with Crippen LogP contribution >= 0.6 is 0 Å². The molecule has 2 N–H and O–H groups in total. The van der Waals surface area contributed by atoms with Crippen LogP contribution in [0.3, 0.4) is 0 Å². The van der Waals surface area contributed by atoms with Gasteiger partial charge in [0.05, 0.1) is 24.5 Å². The van der Waals surface area contributed by atoms with Gasteiger partial charge >= 0.3 is 5.97 Å². The summed E-state index contributed by atoms with van der Waals surface area (Å²) in [6, 6.07) is 9.07. The second-order valence-electron chi connectivity index (χ2n) is 4.14. The number of aliphatic hydroxyl groups is 1. The van der Waals surface area contributed by atoms with Gasteiger partial charge in [0.1, 0.15) is 0 Å². The molecule has 0 aliphatic rings. The predicted octanol–water partition coefficient (Wildman–Crippen LogP) is 1.67. The maximum Gasteiger partial charge on any atom is 0.338 e. The lowest BCUT2D eigenvalue weighted by molar-refractivity contribution is 0.0526. The summed E-state index contributed by atoms with van der Waals surface area (Å²) in [6.07, 6.45) is 0.677. The minimum absolute atomic E-state index is 0.0711. The first-order valence-corrected chi connectivity index (χ1v) is 6.13. The van der Waals surface area contributed by atoms with Gasteiger partial charge in [-0.05, 0) is 30.7 Å². The summed E-state index contributed by atoms with van der Waals surface area (Å²) < 4.78 is 4.92. The van der Waals surface area contributed by atoms with Gasteiger partial charge < -0.3 is 9.84 Å². The van der Waals surface area contributed by atoms with Crippen molar-refractivity contribution >= 4 is 5.97 Å². The summed E-state index contributed by atoms with van der Waals surface area (Å²) in [5, 5.41) is 15.7. The van der Waals surface area contributed by atoms with Crippen molar-refractivity contribution in [1.29, 1.82) is 0 Å². The third kappa shape index (κ3) is 3.42. The highest BCUT2D eigenvalue weighted by atomic mass is 16.5. The van der Waals surface area contributed by atoms with E-state index in [4.69, 9.17) is 9.84 Å². The first kappa shape index (κ1) is 13.3. The van der Waals surface area contributed by atoms with E-state index in [-0.39, 0.29) is 12.6 Å². The molecule has 0 aliphatic carbocycles. The van der Waals surface area contributed by atoms with Gasteiger partial charge in [-0.2, -0.15) is 5.10 Å². The summed E-state index contributed by atoms with van der Waals surface area (Å²) >= 11 is 0. The van der Waals surface area contributed by atoms with E-state index in [1.807, 2.05) is 18.2 Å². The Balaban J connectivity index is 2.04. The molecular weight excluding hydrogens is 244 g/mol. The minimum atomic E-state index is -0.307. The number of rotatable bonds is 5. The number of nitrogens with one attached hydrogen (secondary N) is 1. The smallest absolute Gasteiger partial charge is 0.338 e. The fraction of sp³-hybridized carbons (Fsp3) is 0.286. The molecule has 0 bridgehead atoms. The quantitative estimate of drug-likeness (QED) is 0.802. The van der Waals surface area contributed by atoms with E-state index in [1.165, 1.54) is 0 Å². The van der Waals surface area contributed by atoms with Gasteiger partial charge in [0, 0.05) is 12.1 Å². The van der Waals surface area contributed by atoms with Crippen molar-refractivity contribution in [1.82, 2.24) is 10.2 Å². The Labute approximate surface area is 111 Å². The molecule has 1 heterocycles. The van der Waals surface area contributed by atoms with Gasteiger partial charge in [-0.1, -0.05) is 12.1 Å². The largest absolute Gasteiger partial charge is 0.462 e. The van der Waals surface area contributed by atoms with Crippen LogP contribution < -0.4 is 0 Å². The van der Waals surface area contributed by atoms with Gasteiger partial charge in [0.15, 0.2) is 0 Å². The number of nitrogens with zero attached hydrogens (tertiary/aromatic N) is 1. The normalized spacial score (nSPS) is 10.4. The Morgan fingerprint density at radius 1 is 1.37 bits per heavy atom. The summed E-state index contributed by atoms with van der Waals surface area (Å²) in [4.78, 5) is 11.5. The first-order chi connectivity index (χ1) is 9.22. The van der Waals surface area contributed by atoms with E-state index in [0.717, 1.165) is 11.3 Å². The Bertz CT molecular complexity index is 546. The molecule has 0 saturated heterocycles. The molecule has 2 rings (SSSR count). The number of carbonyl (C=O) groups excluding carboxylic acids is 1. The number of ether oxygens (including phenoxy) is 1. The fourth-order valence-corrected chi connectivity index (χ4v) is 1.77. The molecule has 0 fully saturated rings. The van der Waals surface area contributed by atoms with Gasteiger partial charge in [-0.3, -0.25) is 5.10 Å². The zero-order chi connectivity index (χ0) is 13.7. The molecule has 0 atom stereocenters. The Hall–Kier alpha value is -2.14. The van der Waals surface area contributed by atoms with Crippen LogP contribution in [0.15, 0.2) is 30.3 Å². The molecule has 5 nitrogen and oxygen atoms in total. The molecule has 0 saturated carbocycles. The molecule has 0 spiro atoms. The molecule has 0 unspecified atom stereocenters. The number of hydrogen-bond acceptors (Lipinski definition) is 4. The van der Waals surface area contributed by atoms with Crippen molar-refractivity contribution in [3.05, 3.63) is 52.8 Å². The van der Waals surface area contributed by atoms with Gasteiger partial charge in [-0.25, -0.2) is 4.79 Å². The second kappa shape index (κ2) is 6.15. The highest BCUT2D eigenvalue weighted by Gasteiger charge is 2.06. The summed E-state index contributed by atoms with van der Waals surface area (Å²) in [5.74, 6) is -0.307. The van der Waals surface area contributed by atoms with E-state index in [1.54, 1.807) is 19.1 Å². The van der Waals surface area contributed by atoms with Crippen molar-refractivity contribution < 1.29 is 14.6 Å². The van der Waals surface area contributed by atoms with Crippen LogP contribution in [-0.4, -0.2) is 27.9 Å². The SMILES string of the molecule is CCOC(=O)c1ccc(Cc2cc(CO)n[nH]2)cc1.